The van der Waals surface area contributed by atoms with E-state index in [1.54, 1.807) is 13.4 Å². The lowest BCUT2D eigenvalue weighted by molar-refractivity contribution is -0.129. The minimum atomic E-state index is -0.396. The van der Waals surface area contributed by atoms with Gasteiger partial charge in [0.15, 0.2) is 0 Å². The van der Waals surface area contributed by atoms with Crippen molar-refractivity contribution in [3.05, 3.63) is 73.0 Å². The van der Waals surface area contributed by atoms with Gasteiger partial charge in [0.05, 0.1) is 24.3 Å². The van der Waals surface area contributed by atoms with E-state index in [0.29, 0.717) is 12.3 Å². The zero-order valence-corrected chi connectivity index (χ0v) is 20.9. The Morgan fingerprint density at radius 1 is 1.08 bits per heavy atom. The third-order valence-corrected chi connectivity index (χ3v) is 8.07. The van der Waals surface area contributed by atoms with Gasteiger partial charge in [-0.2, -0.15) is 0 Å². The van der Waals surface area contributed by atoms with Crippen LogP contribution in [-0.4, -0.2) is 35.5 Å². The molecule has 5 aromatic rings. The summed E-state index contributed by atoms with van der Waals surface area (Å²) >= 11 is 0. The molecule has 0 spiro atoms. The number of ether oxygens (including phenoxy) is 1. The molecule has 2 fully saturated rings. The number of ketones is 1. The van der Waals surface area contributed by atoms with Crippen LogP contribution in [0.5, 0.6) is 5.75 Å². The van der Waals surface area contributed by atoms with E-state index in [0.717, 1.165) is 82.6 Å². The van der Waals surface area contributed by atoms with Gasteiger partial charge < -0.3 is 19.0 Å². The standard InChI is InChI=1S/C31H29N3O3/c1-36-27-4-2-3-25-28(27)33-30(34(25)19-31(14-15-32-18-31)29(35)21-7-8-21)22-9-5-20(6-10-22)23-11-12-26-24(17-23)13-16-37-26/h2-6,9-13,16-17,21,32H,7-8,14-15,18-19H2,1H3/t31-/m0/s1. The lowest BCUT2D eigenvalue weighted by Crippen LogP contribution is -2.39. The Bertz CT molecular complexity index is 1620. The maximum Gasteiger partial charge on any atom is 0.146 e. The fourth-order valence-corrected chi connectivity index (χ4v) is 5.87. The van der Waals surface area contributed by atoms with Crippen LogP contribution < -0.4 is 10.1 Å². The number of carbonyl (C=O) groups is 1. The highest BCUT2D eigenvalue weighted by molar-refractivity contribution is 5.91. The third-order valence-electron chi connectivity index (χ3n) is 8.07. The van der Waals surface area contributed by atoms with Gasteiger partial charge in [-0.3, -0.25) is 4.79 Å². The zero-order valence-electron chi connectivity index (χ0n) is 20.9. The van der Waals surface area contributed by atoms with E-state index in [1.165, 1.54) is 0 Å². The van der Waals surface area contributed by atoms with Gasteiger partial charge in [-0.15, -0.1) is 0 Å². The average molecular weight is 492 g/mol. The molecule has 37 heavy (non-hydrogen) atoms. The molecular formula is C31H29N3O3. The molecule has 0 unspecified atom stereocenters. The number of para-hydroxylation sites is 1. The van der Waals surface area contributed by atoms with Crippen molar-refractivity contribution in [3.8, 4) is 28.3 Å². The van der Waals surface area contributed by atoms with Gasteiger partial charge in [-0.1, -0.05) is 36.4 Å². The molecule has 6 heteroatoms. The van der Waals surface area contributed by atoms with Crippen LogP contribution in [0.4, 0.5) is 0 Å². The summed E-state index contributed by atoms with van der Waals surface area (Å²) in [7, 11) is 1.68. The minimum absolute atomic E-state index is 0.222. The maximum absolute atomic E-state index is 13.5. The summed E-state index contributed by atoms with van der Waals surface area (Å²) in [5, 5.41) is 4.56. The van der Waals surface area contributed by atoms with Crippen LogP contribution >= 0.6 is 0 Å². The van der Waals surface area contributed by atoms with Crippen molar-refractivity contribution >= 4 is 27.8 Å². The van der Waals surface area contributed by atoms with E-state index in [9.17, 15) is 4.79 Å². The highest BCUT2D eigenvalue weighted by Crippen LogP contribution is 2.43. The highest BCUT2D eigenvalue weighted by atomic mass is 16.5. The van der Waals surface area contributed by atoms with E-state index in [-0.39, 0.29) is 5.92 Å². The first-order valence-electron chi connectivity index (χ1n) is 13.0. The summed E-state index contributed by atoms with van der Waals surface area (Å²) in [6.45, 7) is 2.22. The lowest BCUT2D eigenvalue weighted by Gasteiger charge is -2.28. The van der Waals surface area contributed by atoms with Crippen LogP contribution in [0.25, 0.3) is 44.5 Å². The van der Waals surface area contributed by atoms with Crippen molar-refractivity contribution in [3.63, 3.8) is 0 Å². The van der Waals surface area contributed by atoms with Gasteiger partial charge in [0.25, 0.3) is 0 Å². The summed E-state index contributed by atoms with van der Waals surface area (Å²) in [5.41, 5.74) is 5.61. The Morgan fingerprint density at radius 3 is 2.65 bits per heavy atom. The topological polar surface area (TPSA) is 69.3 Å². The number of carbonyl (C=O) groups excluding carboxylic acids is 1. The maximum atomic E-state index is 13.5. The smallest absolute Gasteiger partial charge is 0.146 e. The lowest BCUT2D eigenvalue weighted by atomic mass is 9.80. The highest BCUT2D eigenvalue weighted by Gasteiger charge is 2.48. The molecule has 3 aromatic carbocycles. The largest absolute Gasteiger partial charge is 0.494 e. The van der Waals surface area contributed by atoms with Crippen LogP contribution in [0.3, 0.4) is 0 Å². The molecule has 2 aromatic heterocycles. The van der Waals surface area contributed by atoms with Gasteiger partial charge in [0.2, 0.25) is 0 Å². The molecule has 1 aliphatic heterocycles. The van der Waals surface area contributed by atoms with Gasteiger partial charge in [-0.05, 0) is 67.3 Å². The summed E-state index contributed by atoms with van der Waals surface area (Å²) in [6.07, 6.45) is 4.63. The number of aromatic nitrogens is 2. The molecule has 1 aliphatic carbocycles. The number of methoxy groups -OCH3 is 1. The van der Waals surface area contributed by atoms with Crippen molar-refractivity contribution < 1.29 is 13.9 Å². The number of fused-ring (bicyclic) bond motifs is 2. The van der Waals surface area contributed by atoms with Crippen molar-refractivity contribution in [2.45, 2.75) is 25.8 Å². The van der Waals surface area contributed by atoms with E-state index in [4.69, 9.17) is 14.1 Å². The van der Waals surface area contributed by atoms with Crippen molar-refractivity contribution in [2.24, 2.45) is 11.3 Å². The molecule has 7 rings (SSSR count). The second-order valence-corrected chi connectivity index (χ2v) is 10.4. The molecular weight excluding hydrogens is 462 g/mol. The van der Waals surface area contributed by atoms with Gasteiger partial charge in [-0.25, -0.2) is 4.98 Å². The fraction of sp³-hybridized carbons (Fsp3) is 0.290. The van der Waals surface area contributed by atoms with Crippen LogP contribution in [0, 0.1) is 11.3 Å². The number of hydrogen-bond donors (Lipinski definition) is 1. The first-order valence-corrected chi connectivity index (χ1v) is 13.0. The molecule has 6 nitrogen and oxygen atoms in total. The molecule has 0 amide bonds. The summed E-state index contributed by atoms with van der Waals surface area (Å²) in [5.74, 6) is 2.25. The number of nitrogens with one attached hydrogen (secondary N) is 1. The Kier molecular flexibility index (Phi) is 5.18. The molecule has 0 radical (unpaired) electrons. The number of furan rings is 1. The SMILES string of the molecule is COc1cccc2c1nc(-c1ccc(-c3ccc4occc4c3)cc1)n2C[C@]1(C(=O)C2CC2)CCNC1. The van der Waals surface area contributed by atoms with Gasteiger partial charge >= 0.3 is 0 Å². The van der Waals surface area contributed by atoms with E-state index >= 15 is 0 Å². The normalized spacial score (nSPS) is 19.6. The second-order valence-electron chi connectivity index (χ2n) is 10.4. The Morgan fingerprint density at radius 2 is 1.89 bits per heavy atom. The molecule has 0 bridgehead atoms. The molecule has 186 valence electrons. The number of hydrogen-bond acceptors (Lipinski definition) is 5. The molecule has 3 heterocycles. The molecule has 1 atom stereocenters. The van der Waals surface area contributed by atoms with Crippen molar-refractivity contribution in [2.75, 3.05) is 20.2 Å². The van der Waals surface area contributed by atoms with E-state index in [2.05, 4.69) is 52.3 Å². The summed E-state index contributed by atoms with van der Waals surface area (Å²) in [6, 6.07) is 22.8. The zero-order chi connectivity index (χ0) is 25.0. The molecule has 1 saturated carbocycles. The number of rotatable bonds is 7. The predicted octanol–water partition coefficient (Wildman–Crippen LogP) is 6.08. The molecule has 1 saturated heterocycles. The number of Topliss-reactive ketones (excluding diaryl/α,β-unsaturated/α-hetero) is 1. The van der Waals surface area contributed by atoms with Crippen LogP contribution in [0.2, 0.25) is 0 Å². The van der Waals surface area contributed by atoms with Crippen molar-refractivity contribution in [1.29, 1.82) is 0 Å². The Balaban J connectivity index is 1.32. The second kappa shape index (κ2) is 8.60. The molecule has 1 N–H and O–H groups in total. The van der Waals surface area contributed by atoms with Crippen LogP contribution in [0.15, 0.2) is 77.4 Å². The van der Waals surface area contributed by atoms with Crippen LogP contribution in [0.1, 0.15) is 19.3 Å². The third kappa shape index (κ3) is 3.75. The number of nitrogens with zero attached hydrogens (tertiary/aromatic N) is 2. The van der Waals surface area contributed by atoms with Gasteiger partial charge in [0.1, 0.15) is 28.5 Å². The first-order chi connectivity index (χ1) is 18.1. The Hall–Kier alpha value is -3.90. The number of benzene rings is 3. The number of imidazole rings is 1. The van der Waals surface area contributed by atoms with Gasteiger partial charge in [0, 0.05) is 30.0 Å². The van der Waals surface area contributed by atoms with Crippen LogP contribution in [-0.2, 0) is 11.3 Å². The Labute approximate surface area is 215 Å². The minimum Gasteiger partial charge on any atom is -0.494 e. The van der Waals surface area contributed by atoms with E-state index in [1.807, 2.05) is 24.3 Å². The summed E-state index contributed by atoms with van der Waals surface area (Å²) < 4.78 is 13.4. The first kappa shape index (κ1) is 22.3. The van der Waals surface area contributed by atoms with E-state index < -0.39 is 5.41 Å². The monoisotopic (exact) mass is 491 g/mol. The summed E-state index contributed by atoms with van der Waals surface area (Å²) in [4.78, 5) is 18.6. The fourth-order valence-electron chi connectivity index (χ4n) is 5.87. The quantitative estimate of drug-likeness (QED) is 0.299. The average Bonchev–Trinajstić information content (AvgIpc) is 3.32. The molecule has 2 aliphatic rings. The predicted molar refractivity (Wildman–Crippen MR) is 145 cm³/mol. The van der Waals surface area contributed by atoms with Crippen molar-refractivity contribution in [1.82, 2.24) is 14.9 Å².